The van der Waals surface area contributed by atoms with Crippen LogP contribution in [0.1, 0.15) is 19.3 Å². The quantitative estimate of drug-likeness (QED) is 0.740. The zero-order chi connectivity index (χ0) is 11.5. The number of nitrogens with two attached hydrogens (primary N) is 1. The van der Waals surface area contributed by atoms with E-state index in [-0.39, 0.29) is 18.4 Å². The molecule has 1 fully saturated rings. The summed E-state index contributed by atoms with van der Waals surface area (Å²) in [6, 6.07) is 0. The monoisotopic (exact) mass is 241 g/mol. The minimum Gasteiger partial charge on any atom is -0.368 e. The number of piperidine rings is 1. The first-order valence-corrected chi connectivity index (χ1v) is 5.78. The zero-order valence-corrected chi connectivity index (χ0v) is 9.79. The number of amides is 1. The number of likely N-dealkylation sites (tertiary alicyclic amines) is 1. The van der Waals surface area contributed by atoms with Gasteiger partial charge in [-0.15, -0.1) is 5.10 Å². The first-order valence-electron chi connectivity index (χ1n) is 5.37. The standard InChI is InChI=1S/C9H15N5OS/c10-8-11-12-9(16)14(8)6-7(15)13-4-2-1-3-5-13/h1-6H2,(H2,10,11)(H,12,16). The fourth-order valence-electron chi connectivity index (χ4n) is 1.86. The van der Waals surface area contributed by atoms with Gasteiger partial charge >= 0.3 is 0 Å². The minimum absolute atomic E-state index is 0.0592. The minimum atomic E-state index is 0.0592. The van der Waals surface area contributed by atoms with E-state index >= 15 is 0 Å². The molecule has 1 aliphatic heterocycles. The Morgan fingerprint density at radius 1 is 1.44 bits per heavy atom. The number of hydrogen-bond donors (Lipinski definition) is 2. The molecule has 1 saturated heterocycles. The summed E-state index contributed by atoms with van der Waals surface area (Å²) in [6.07, 6.45) is 3.37. The zero-order valence-electron chi connectivity index (χ0n) is 8.98. The number of nitrogen functional groups attached to an aromatic ring is 1. The Labute approximate surface area is 98.4 Å². The molecule has 1 aliphatic rings. The number of carbonyl (C=O) groups excluding carboxylic acids is 1. The van der Waals surface area contributed by atoms with E-state index in [0.717, 1.165) is 25.9 Å². The highest BCUT2D eigenvalue weighted by Gasteiger charge is 2.17. The van der Waals surface area contributed by atoms with Crippen molar-refractivity contribution in [3.05, 3.63) is 4.77 Å². The van der Waals surface area contributed by atoms with Gasteiger partial charge in [0.15, 0.2) is 4.77 Å². The fourth-order valence-corrected chi connectivity index (χ4v) is 2.06. The molecule has 0 atom stereocenters. The molecular weight excluding hydrogens is 226 g/mol. The number of anilines is 1. The number of carbonyl (C=O) groups is 1. The van der Waals surface area contributed by atoms with E-state index in [1.807, 2.05) is 4.90 Å². The number of hydrogen-bond acceptors (Lipinski definition) is 4. The van der Waals surface area contributed by atoms with E-state index in [9.17, 15) is 4.79 Å². The third kappa shape index (κ3) is 2.24. The lowest BCUT2D eigenvalue weighted by Gasteiger charge is -2.26. The van der Waals surface area contributed by atoms with Crippen LogP contribution in [0.15, 0.2) is 0 Å². The first-order chi connectivity index (χ1) is 7.68. The normalized spacial score (nSPS) is 16.4. The average molecular weight is 241 g/mol. The molecule has 1 aromatic rings. The highest BCUT2D eigenvalue weighted by atomic mass is 32.1. The van der Waals surface area contributed by atoms with Gasteiger partial charge in [0.2, 0.25) is 11.9 Å². The highest BCUT2D eigenvalue weighted by molar-refractivity contribution is 7.71. The molecule has 16 heavy (non-hydrogen) atoms. The van der Waals surface area contributed by atoms with Crippen molar-refractivity contribution < 1.29 is 4.79 Å². The molecule has 7 heteroatoms. The lowest BCUT2D eigenvalue weighted by Crippen LogP contribution is -2.37. The van der Waals surface area contributed by atoms with Crippen LogP contribution in [-0.4, -0.2) is 38.7 Å². The van der Waals surface area contributed by atoms with E-state index in [1.165, 1.54) is 11.0 Å². The van der Waals surface area contributed by atoms with Crippen LogP contribution >= 0.6 is 12.2 Å². The number of nitrogens with one attached hydrogen (secondary N) is 1. The van der Waals surface area contributed by atoms with Crippen LogP contribution in [0.5, 0.6) is 0 Å². The van der Waals surface area contributed by atoms with E-state index in [0.29, 0.717) is 4.77 Å². The molecule has 0 unspecified atom stereocenters. The second-order valence-corrected chi connectivity index (χ2v) is 4.30. The maximum atomic E-state index is 11.9. The van der Waals surface area contributed by atoms with Crippen LogP contribution in [0.4, 0.5) is 5.95 Å². The lowest BCUT2D eigenvalue weighted by atomic mass is 10.1. The smallest absolute Gasteiger partial charge is 0.242 e. The molecule has 0 radical (unpaired) electrons. The predicted octanol–water partition coefficient (Wildman–Crippen LogP) is 0.535. The molecule has 3 N–H and O–H groups in total. The Hall–Kier alpha value is -1.37. The van der Waals surface area contributed by atoms with Crippen molar-refractivity contribution in [3.8, 4) is 0 Å². The third-order valence-electron chi connectivity index (χ3n) is 2.79. The molecule has 0 aliphatic carbocycles. The van der Waals surface area contributed by atoms with E-state index < -0.39 is 0 Å². The Kier molecular flexibility index (Phi) is 3.23. The molecule has 1 aromatic heterocycles. The second-order valence-electron chi connectivity index (χ2n) is 3.91. The number of aromatic nitrogens is 3. The molecule has 88 valence electrons. The van der Waals surface area contributed by atoms with Crippen molar-refractivity contribution in [2.45, 2.75) is 25.8 Å². The van der Waals surface area contributed by atoms with Crippen LogP contribution < -0.4 is 5.73 Å². The molecule has 2 rings (SSSR count). The first kappa shape index (κ1) is 11.1. The van der Waals surface area contributed by atoms with E-state index in [4.69, 9.17) is 18.0 Å². The fraction of sp³-hybridized carbons (Fsp3) is 0.667. The highest BCUT2D eigenvalue weighted by Crippen LogP contribution is 2.10. The Balaban J connectivity index is 2.04. The number of rotatable bonds is 2. The predicted molar refractivity (Wildman–Crippen MR) is 62.3 cm³/mol. The van der Waals surface area contributed by atoms with Gasteiger partial charge in [0.05, 0.1) is 0 Å². The summed E-state index contributed by atoms with van der Waals surface area (Å²) in [5, 5.41) is 6.33. The van der Waals surface area contributed by atoms with Crippen molar-refractivity contribution in [2.24, 2.45) is 0 Å². The lowest BCUT2D eigenvalue weighted by molar-refractivity contribution is -0.132. The summed E-state index contributed by atoms with van der Waals surface area (Å²) >= 11 is 4.99. The molecule has 0 aromatic carbocycles. The van der Waals surface area contributed by atoms with Gasteiger partial charge in [-0.3, -0.25) is 9.36 Å². The van der Waals surface area contributed by atoms with Crippen LogP contribution in [0, 0.1) is 4.77 Å². The molecule has 6 nitrogen and oxygen atoms in total. The summed E-state index contributed by atoms with van der Waals surface area (Å²) in [5.74, 6) is 0.319. The van der Waals surface area contributed by atoms with E-state index in [1.54, 1.807) is 0 Å². The summed E-state index contributed by atoms with van der Waals surface area (Å²) < 4.78 is 1.91. The molecular formula is C9H15N5OS. The second kappa shape index (κ2) is 4.65. The number of H-pyrrole nitrogens is 1. The van der Waals surface area contributed by atoms with Gasteiger partial charge in [-0.05, 0) is 31.5 Å². The van der Waals surface area contributed by atoms with Gasteiger partial charge in [0.25, 0.3) is 0 Å². The summed E-state index contributed by atoms with van der Waals surface area (Å²) in [6.45, 7) is 1.86. The number of nitrogens with zero attached hydrogens (tertiary/aromatic N) is 3. The summed E-state index contributed by atoms with van der Waals surface area (Å²) in [4.78, 5) is 13.8. The van der Waals surface area contributed by atoms with Gasteiger partial charge in [-0.25, -0.2) is 5.10 Å². The van der Waals surface area contributed by atoms with E-state index in [2.05, 4.69) is 10.2 Å². The molecule has 0 spiro atoms. The van der Waals surface area contributed by atoms with Gasteiger partial charge in [-0.1, -0.05) is 0 Å². The molecule has 2 heterocycles. The maximum Gasteiger partial charge on any atom is 0.242 e. The van der Waals surface area contributed by atoms with Crippen molar-refractivity contribution >= 4 is 24.1 Å². The maximum absolute atomic E-state index is 11.9. The summed E-state index contributed by atoms with van der Waals surface area (Å²) in [5.41, 5.74) is 5.60. The molecule has 0 saturated carbocycles. The van der Waals surface area contributed by atoms with Crippen LogP contribution in [0.25, 0.3) is 0 Å². The Bertz CT molecular complexity index is 431. The Morgan fingerprint density at radius 3 is 2.69 bits per heavy atom. The Morgan fingerprint density at radius 2 is 2.12 bits per heavy atom. The number of aromatic amines is 1. The average Bonchev–Trinajstić information content (AvgIpc) is 2.62. The van der Waals surface area contributed by atoms with Crippen molar-refractivity contribution in [1.82, 2.24) is 19.7 Å². The topological polar surface area (TPSA) is 79.9 Å². The molecule has 0 bridgehead atoms. The van der Waals surface area contributed by atoms with Gasteiger partial charge in [0.1, 0.15) is 6.54 Å². The van der Waals surface area contributed by atoms with Crippen molar-refractivity contribution in [3.63, 3.8) is 0 Å². The van der Waals surface area contributed by atoms with Crippen LogP contribution in [-0.2, 0) is 11.3 Å². The third-order valence-corrected chi connectivity index (χ3v) is 3.10. The largest absolute Gasteiger partial charge is 0.368 e. The van der Waals surface area contributed by atoms with Crippen LogP contribution in [0.3, 0.4) is 0 Å². The molecule has 1 amide bonds. The van der Waals surface area contributed by atoms with Gasteiger partial charge in [-0.2, -0.15) is 0 Å². The van der Waals surface area contributed by atoms with Crippen molar-refractivity contribution in [2.75, 3.05) is 18.8 Å². The SMILES string of the molecule is Nc1n[nH]c(=S)n1CC(=O)N1CCCCC1. The van der Waals surface area contributed by atoms with Gasteiger partial charge < -0.3 is 10.6 Å². The van der Waals surface area contributed by atoms with Crippen molar-refractivity contribution in [1.29, 1.82) is 0 Å². The summed E-state index contributed by atoms with van der Waals surface area (Å²) in [7, 11) is 0. The van der Waals surface area contributed by atoms with Gasteiger partial charge in [0, 0.05) is 13.1 Å². The van der Waals surface area contributed by atoms with Crippen LogP contribution in [0.2, 0.25) is 0 Å².